The Morgan fingerprint density at radius 1 is 0.939 bits per heavy atom. The van der Waals surface area contributed by atoms with Crippen LogP contribution in [0.1, 0.15) is 52.9 Å². The number of imide groups is 1. The number of rotatable bonds is 19. The highest BCUT2D eigenvalue weighted by Crippen LogP contribution is 2.35. The van der Waals surface area contributed by atoms with Crippen molar-refractivity contribution in [2.45, 2.75) is 59.0 Å². The molecule has 1 heterocycles. The van der Waals surface area contributed by atoms with Crippen molar-refractivity contribution in [2.75, 3.05) is 67.0 Å². The Hall–Kier alpha value is -1.39. The van der Waals surface area contributed by atoms with E-state index in [1.165, 1.54) is 4.90 Å². The van der Waals surface area contributed by atoms with Crippen molar-refractivity contribution in [3.05, 3.63) is 0 Å². The van der Waals surface area contributed by atoms with Crippen molar-refractivity contribution in [1.82, 2.24) is 4.90 Å². The van der Waals surface area contributed by atoms with Crippen LogP contribution in [0.3, 0.4) is 0 Å². The van der Waals surface area contributed by atoms with Gasteiger partial charge in [0.2, 0.25) is 11.8 Å². The van der Waals surface area contributed by atoms with Crippen LogP contribution in [0.4, 0.5) is 0 Å². The lowest BCUT2D eigenvalue weighted by molar-refractivity contribution is -0.140. The number of ether oxygens (including phenoxy) is 5. The summed E-state index contributed by atoms with van der Waals surface area (Å²) >= 11 is 0. The molecule has 9 nitrogen and oxygen atoms in total. The second-order valence-electron chi connectivity index (χ2n) is 9.38. The predicted octanol–water partition coefficient (Wildman–Crippen LogP) is 2.25. The number of amides is 2. The second kappa shape index (κ2) is 16.3. The Kier molecular flexibility index (Phi) is 14.6. The van der Waals surface area contributed by atoms with Crippen LogP contribution in [-0.4, -0.2) is 95.6 Å². The van der Waals surface area contributed by atoms with Crippen LogP contribution in [0.2, 0.25) is 0 Å². The highest BCUT2D eigenvalue weighted by atomic mass is 16.6. The molecule has 1 fully saturated rings. The monoisotopic (exact) mass is 473 g/mol. The Labute approximate surface area is 198 Å². The van der Waals surface area contributed by atoms with Gasteiger partial charge in [0.05, 0.1) is 45.6 Å². The molecule has 2 unspecified atom stereocenters. The highest BCUT2D eigenvalue weighted by Gasteiger charge is 2.44. The number of likely N-dealkylation sites (tertiary alicyclic amines) is 1. The van der Waals surface area contributed by atoms with Crippen molar-refractivity contribution >= 4 is 17.6 Å². The van der Waals surface area contributed by atoms with E-state index in [-0.39, 0.29) is 54.4 Å². The summed E-state index contributed by atoms with van der Waals surface area (Å²) in [6, 6.07) is 0. The van der Waals surface area contributed by atoms with Crippen LogP contribution in [0.5, 0.6) is 0 Å². The molecule has 1 rings (SSSR count). The molecule has 1 aliphatic rings. The van der Waals surface area contributed by atoms with Gasteiger partial charge in [-0.15, -0.1) is 0 Å². The Morgan fingerprint density at radius 3 is 2.18 bits per heavy atom. The van der Waals surface area contributed by atoms with Crippen molar-refractivity contribution < 1.29 is 38.1 Å². The van der Waals surface area contributed by atoms with Crippen LogP contribution >= 0.6 is 0 Å². The summed E-state index contributed by atoms with van der Waals surface area (Å²) < 4.78 is 26.9. The van der Waals surface area contributed by atoms with E-state index < -0.39 is 0 Å². The van der Waals surface area contributed by atoms with Gasteiger partial charge in [0.15, 0.2) is 0 Å². The molecule has 33 heavy (non-hydrogen) atoms. The van der Waals surface area contributed by atoms with Gasteiger partial charge in [0.25, 0.3) is 0 Å². The summed E-state index contributed by atoms with van der Waals surface area (Å²) in [5, 5.41) is 0. The first kappa shape index (κ1) is 29.6. The van der Waals surface area contributed by atoms with Crippen molar-refractivity contribution in [1.29, 1.82) is 0 Å². The maximum absolute atomic E-state index is 12.5. The molecular formula is C24H43NO8. The molecule has 0 aliphatic carbocycles. The number of carbonyl (C=O) groups is 3. The van der Waals surface area contributed by atoms with Gasteiger partial charge >= 0.3 is 0 Å². The Bertz CT molecular complexity index is 590. The number of unbranched alkanes of at least 4 members (excludes halogenated alkanes) is 1. The fourth-order valence-electron chi connectivity index (χ4n) is 3.50. The van der Waals surface area contributed by atoms with Crippen molar-refractivity contribution in [2.24, 2.45) is 11.3 Å². The third kappa shape index (κ3) is 12.0. The summed E-state index contributed by atoms with van der Waals surface area (Å²) in [7, 11) is 3.24. The zero-order valence-corrected chi connectivity index (χ0v) is 21.1. The second-order valence-corrected chi connectivity index (χ2v) is 9.38. The molecule has 0 aromatic rings. The Morgan fingerprint density at radius 2 is 1.58 bits per heavy atom. The minimum absolute atomic E-state index is 0.0575. The van der Waals surface area contributed by atoms with Crippen LogP contribution in [0.25, 0.3) is 0 Å². The van der Waals surface area contributed by atoms with E-state index in [9.17, 15) is 14.4 Å². The minimum Gasteiger partial charge on any atom is -0.382 e. The Balaban J connectivity index is 2.19. The van der Waals surface area contributed by atoms with E-state index in [1.807, 2.05) is 20.8 Å². The van der Waals surface area contributed by atoms with Crippen LogP contribution in [-0.2, 0) is 38.1 Å². The van der Waals surface area contributed by atoms with Gasteiger partial charge in [-0.3, -0.25) is 19.3 Å². The van der Waals surface area contributed by atoms with Gasteiger partial charge in [-0.1, -0.05) is 20.8 Å². The molecule has 0 aromatic heterocycles. The summed E-state index contributed by atoms with van der Waals surface area (Å²) in [6.45, 7) is 9.38. The van der Waals surface area contributed by atoms with E-state index in [2.05, 4.69) is 0 Å². The maximum Gasteiger partial charge on any atom is 0.233 e. The largest absolute Gasteiger partial charge is 0.382 e. The number of ketones is 1. The topological polar surface area (TPSA) is 101 Å². The molecule has 1 aliphatic heterocycles. The zero-order chi connectivity index (χ0) is 24.7. The molecule has 1 saturated heterocycles. The summed E-state index contributed by atoms with van der Waals surface area (Å²) in [5.41, 5.74) is -0.255. The molecule has 0 radical (unpaired) electrons. The first-order chi connectivity index (χ1) is 15.7. The highest BCUT2D eigenvalue weighted by molar-refractivity contribution is 6.04. The summed E-state index contributed by atoms with van der Waals surface area (Å²) in [5.74, 6) is -0.566. The molecule has 0 spiro atoms. The summed E-state index contributed by atoms with van der Waals surface area (Å²) in [4.78, 5) is 38.1. The van der Waals surface area contributed by atoms with Gasteiger partial charge in [0.1, 0.15) is 11.9 Å². The molecular weight excluding hydrogens is 430 g/mol. The maximum atomic E-state index is 12.5. The molecule has 0 N–H and O–H groups in total. The molecule has 0 aromatic carbocycles. The lowest BCUT2D eigenvalue weighted by atomic mass is 9.80. The normalized spacial score (nSPS) is 17.7. The molecule has 0 bridgehead atoms. The first-order valence-electron chi connectivity index (χ1n) is 11.8. The average molecular weight is 474 g/mol. The van der Waals surface area contributed by atoms with Crippen molar-refractivity contribution in [3.63, 3.8) is 0 Å². The van der Waals surface area contributed by atoms with E-state index >= 15 is 0 Å². The smallest absolute Gasteiger partial charge is 0.233 e. The summed E-state index contributed by atoms with van der Waals surface area (Å²) in [6.07, 6.45) is 2.12. The van der Waals surface area contributed by atoms with Gasteiger partial charge < -0.3 is 23.7 Å². The first-order valence-corrected chi connectivity index (χ1v) is 11.8. The molecule has 2 atom stereocenters. The van der Waals surface area contributed by atoms with Crippen molar-refractivity contribution in [3.8, 4) is 0 Å². The standard InChI is InChI=1S/C24H43NO8/c1-24(2,3)21-16-22(27)25(23(21)28)10-9-19(26)8-6-7-11-31-17-20(33-15-13-30-5)18-32-14-12-29-4/h20-21H,6-18H2,1-5H3. The quantitative estimate of drug-likeness (QED) is 0.208. The predicted molar refractivity (Wildman–Crippen MR) is 123 cm³/mol. The van der Waals surface area contributed by atoms with Gasteiger partial charge in [0, 0.05) is 46.6 Å². The van der Waals surface area contributed by atoms with Gasteiger partial charge in [-0.2, -0.15) is 0 Å². The number of carbonyl (C=O) groups excluding carboxylic acids is 3. The van der Waals surface area contributed by atoms with E-state index in [0.717, 1.165) is 6.42 Å². The number of hydrogen-bond acceptors (Lipinski definition) is 8. The van der Waals surface area contributed by atoms with Crippen LogP contribution in [0, 0.1) is 11.3 Å². The fourth-order valence-corrected chi connectivity index (χ4v) is 3.50. The number of hydrogen-bond donors (Lipinski definition) is 0. The lowest BCUT2D eigenvalue weighted by Crippen LogP contribution is -2.35. The molecule has 2 amide bonds. The number of methoxy groups -OCH3 is 2. The third-order valence-corrected chi connectivity index (χ3v) is 5.58. The van der Waals surface area contributed by atoms with Crippen LogP contribution < -0.4 is 0 Å². The number of nitrogens with zero attached hydrogens (tertiary/aromatic N) is 1. The molecule has 0 saturated carbocycles. The number of Topliss-reactive ketones (excluding diaryl/α,β-unsaturated/α-hetero) is 1. The van der Waals surface area contributed by atoms with E-state index in [0.29, 0.717) is 59.1 Å². The minimum atomic E-state index is -0.301. The van der Waals surface area contributed by atoms with E-state index in [4.69, 9.17) is 23.7 Å². The fraction of sp³-hybridized carbons (Fsp3) is 0.875. The lowest BCUT2D eigenvalue weighted by Gasteiger charge is -2.24. The zero-order valence-electron chi connectivity index (χ0n) is 21.1. The molecule has 9 heteroatoms. The van der Waals surface area contributed by atoms with E-state index in [1.54, 1.807) is 14.2 Å². The molecule has 192 valence electrons. The SMILES string of the molecule is COCCOCC(COCCCCC(=O)CCN1C(=O)CC(C(C)(C)C)C1=O)OCCOC. The third-order valence-electron chi connectivity index (χ3n) is 5.58. The van der Waals surface area contributed by atoms with Gasteiger partial charge in [-0.25, -0.2) is 0 Å². The van der Waals surface area contributed by atoms with Gasteiger partial charge in [-0.05, 0) is 18.3 Å². The van der Waals surface area contributed by atoms with Crippen LogP contribution in [0.15, 0.2) is 0 Å². The average Bonchev–Trinajstić information content (AvgIpc) is 3.05.